The lowest BCUT2D eigenvalue weighted by atomic mass is 10.3. The zero-order valence-corrected chi connectivity index (χ0v) is 13.2. The lowest BCUT2D eigenvalue weighted by Gasteiger charge is -2.08. The number of carbonyl (C=O) groups is 1. The molecule has 9 heteroatoms. The Bertz CT molecular complexity index is 902. The molecular formula is C14H10F2N4OS2. The minimum Gasteiger partial charge on any atom is -0.324 e. The molecule has 2 N–H and O–H groups in total. The normalized spacial score (nSPS) is 10.7. The van der Waals surface area contributed by atoms with E-state index in [1.54, 1.807) is 0 Å². The molecule has 0 radical (unpaired) electrons. The van der Waals surface area contributed by atoms with Gasteiger partial charge in [-0.05, 0) is 35.8 Å². The molecule has 3 rings (SSSR count). The molecule has 0 saturated carbocycles. The molecule has 2 aromatic heterocycles. The van der Waals surface area contributed by atoms with Crippen LogP contribution in [0.2, 0.25) is 0 Å². The van der Waals surface area contributed by atoms with Crippen molar-refractivity contribution in [3.63, 3.8) is 0 Å². The third-order valence-electron chi connectivity index (χ3n) is 3.00. The SMILES string of the molecule is O=C(Cn1c(-c2cccs2)n[nH]c1=S)Nc1ccc(F)c(F)c1. The molecule has 0 atom stereocenters. The van der Waals surface area contributed by atoms with Crippen LogP contribution >= 0.6 is 23.6 Å². The Morgan fingerprint density at radius 1 is 1.35 bits per heavy atom. The molecule has 1 aromatic carbocycles. The number of aromatic amines is 1. The Labute approximate surface area is 138 Å². The van der Waals surface area contributed by atoms with E-state index >= 15 is 0 Å². The van der Waals surface area contributed by atoms with Gasteiger partial charge in [-0.15, -0.1) is 11.3 Å². The third-order valence-corrected chi connectivity index (χ3v) is 4.18. The Morgan fingerprint density at radius 2 is 2.17 bits per heavy atom. The largest absolute Gasteiger partial charge is 0.324 e. The van der Waals surface area contributed by atoms with Gasteiger partial charge >= 0.3 is 0 Å². The van der Waals surface area contributed by atoms with Crippen LogP contribution in [-0.4, -0.2) is 20.7 Å². The first-order valence-corrected chi connectivity index (χ1v) is 7.77. The van der Waals surface area contributed by atoms with Gasteiger partial charge in [-0.25, -0.2) is 8.78 Å². The van der Waals surface area contributed by atoms with Gasteiger partial charge in [-0.1, -0.05) is 6.07 Å². The predicted molar refractivity (Wildman–Crippen MR) is 85.7 cm³/mol. The number of carbonyl (C=O) groups excluding carboxylic acids is 1. The maximum atomic E-state index is 13.2. The molecule has 1 amide bonds. The fourth-order valence-electron chi connectivity index (χ4n) is 1.98. The van der Waals surface area contributed by atoms with Gasteiger partial charge < -0.3 is 5.32 Å². The number of rotatable bonds is 4. The Hall–Kier alpha value is -2.39. The molecule has 0 aliphatic rings. The van der Waals surface area contributed by atoms with Crippen LogP contribution in [0.3, 0.4) is 0 Å². The van der Waals surface area contributed by atoms with Gasteiger partial charge in [0, 0.05) is 11.8 Å². The van der Waals surface area contributed by atoms with Crippen molar-refractivity contribution in [1.82, 2.24) is 14.8 Å². The van der Waals surface area contributed by atoms with E-state index in [0.717, 1.165) is 17.0 Å². The summed E-state index contributed by atoms with van der Waals surface area (Å²) in [7, 11) is 0. The van der Waals surface area contributed by atoms with Gasteiger partial charge in [0.15, 0.2) is 22.2 Å². The van der Waals surface area contributed by atoms with E-state index in [1.165, 1.54) is 22.0 Å². The third kappa shape index (κ3) is 3.35. The Balaban J connectivity index is 1.79. The van der Waals surface area contributed by atoms with E-state index in [0.29, 0.717) is 10.6 Å². The molecule has 118 valence electrons. The van der Waals surface area contributed by atoms with Crippen molar-refractivity contribution in [1.29, 1.82) is 0 Å². The van der Waals surface area contributed by atoms with Crippen LogP contribution in [0.5, 0.6) is 0 Å². The minimum atomic E-state index is -1.03. The topological polar surface area (TPSA) is 62.7 Å². The number of thiophene rings is 1. The van der Waals surface area contributed by atoms with Crippen molar-refractivity contribution in [2.45, 2.75) is 6.54 Å². The number of halogens is 2. The number of amides is 1. The number of hydrogen-bond donors (Lipinski definition) is 2. The smallest absolute Gasteiger partial charge is 0.244 e. The molecule has 0 bridgehead atoms. The van der Waals surface area contributed by atoms with Crippen LogP contribution in [0.15, 0.2) is 35.7 Å². The summed E-state index contributed by atoms with van der Waals surface area (Å²) in [5.41, 5.74) is 0.168. The molecule has 0 saturated heterocycles. The van der Waals surface area contributed by atoms with Gasteiger partial charge in [-0.2, -0.15) is 5.10 Å². The van der Waals surface area contributed by atoms with E-state index in [9.17, 15) is 13.6 Å². The van der Waals surface area contributed by atoms with Gasteiger partial charge in [0.05, 0.1) is 4.88 Å². The van der Waals surface area contributed by atoms with Crippen molar-refractivity contribution in [3.05, 3.63) is 52.1 Å². The number of nitrogens with zero attached hydrogens (tertiary/aromatic N) is 2. The fraction of sp³-hybridized carbons (Fsp3) is 0.0714. The highest BCUT2D eigenvalue weighted by Gasteiger charge is 2.13. The maximum Gasteiger partial charge on any atom is 0.244 e. The fourth-order valence-corrected chi connectivity index (χ4v) is 2.90. The molecule has 0 aliphatic heterocycles. The predicted octanol–water partition coefficient (Wildman–Crippen LogP) is 3.59. The van der Waals surface area contributed by atoms with Gasteiger partial charge in [0.25, 0.3) is 0 Å². The Morgan fingerprint density at radius 3 is 2.87 bits per heavy atom. The number of H-pyrrole nitrogens is 1. The maximum absolute atomic E-state index is 13.2. The molecule has 3 aromatic rings. The second-order valence-corrected chi connectivity index (χ2v) is 5.93. The first-order chi connectivity index (χ1) is 11.0. The summed E-state index contributed by atoms with van der Waals surface area (Å²) in [6, 6.07) is 6.88. The Kier molecular flexibility index (Phi) is 4.30. The standard InChI is InChI=1S/C14H10F2N4OS2/c15-9-4-3-8(6-10(9)16)17-12(21)7-20-13(18-19-14(20)22)11-2-1-5-23-11/h1-6H,7H2,(H,17,21)(H,19,22). The van der Waals surface area contributed by atoms with Crippen molar-refractivity contribution in [2.24, 2.45) is 0 Å². The number of nitrogens with one attached hydrogen (secondary N) is 2. The minimum absolute atomic E-state index is 0.0957. The molecule has 0 fully saturated rings. The average molecular weight is 352 g/mol. The lowest BCUT2D eigenvalue weighted by molar-refractivity contribution is -0.116. The van der Waals surface area contributed by atoms with E-state index in [1.807, 2.05) is 17.5 Å². The summed E-state index contributed by atoms with van der Waals surface area (Å²) >= 11 is 6.59. The first kappa shape index (κ1) is 15.5. The van der Waals surface area contributed by atoms with Crippen LogP contribution in [0.25, 0.3) is 10.7 Å². The molecule has 2 heterocycles. The van der Waals surface area contributed by atoms with Crippen molar-refractivity contribution >= 4 is 35.1 Å². The number of aromatic nitrogens is 3. The summed E-state index contributed by atoms with van der Waals surface area (Å²) in [5.74, 6) is -1.88. The quantitative estimate of drug-likeness (QED) is 0.706. The summed E-state index contributed by atoms with van der Waals surface area (Å²) in [4.78, 5) is 13.0. The monoisotopic (exact) mass is 352 g/mol. The lowest BCUT2D eigenvalue weighted by Crippen LogP contribution is -2.19. The zero-order valence-electron chi connectivity index (χ0n) is 11.5. The van der Waals surface area contributed by atoms with Gasteiger partial charge in [-0.3, -0.25) is 14.5 Å². The summed E-state index contributed by atoms with van der Waals surface area (Å²) in [5, 5.41) is 11.1. The van der Waals surface area contributed by atoms with Crippen LogP contribution < -0.4 is 5.32 Å². The van der Waals surface area contributed by atoms with E-state index < -0.39 is 17.5 Å². The number of anilines is 1. The van der Waals surface area contributed by atoms with E-state index in [4.69, 9.17) is 12.2 Å². The summed E-state index contributed by atoms with van der Waals surface area (Å²) in [6.07, 6.45) is 0. The molecule has 23 heavy (non-hydrogen) atoms. The van der Waals surface area contributed by atoms with E-state index in [-0.39, 0.29) is 12.2 Å². The number of hydrogen-bond acceptors (Lipinski definition) is 4. The highest BCUT2D eigenvalue weighted by atomic mass is 32.1. The van der Waals surface area contributed by atoms with Crippen LogP contribution in [-0.2, 0) is 11.3 Å². The van der Waals surface area contributed by atoms with Crippen molar-refractivity contribution < 1.29 is 13.6 Å². The van der Waals surface area contributed by atoms with Gasteiger partial charge in [0.2, 0.25) is 5.91 Å². The van der Waals surface area contributed by atoms with E-state index in [2.05, 4.69) is 15.5 Å². The van der Waals surface area contributed by atoms with Crippen molar-refractivity contribution in [3.8, 4) is 10.7 Å². The second kappa shape index (κ2) is 6.39. The highest BCUT2D eigenvalue weighted by molar-refractivity contribution is 7.71. The van der Waals surface area contributed by atoms with Crippen molar-refractivity contribution in [2.75, 3.05) is 5.32 Å². The molecular weight excluding hydrogens is 342 g/mol. The van der Waals surface area contributed by atoms with Crippen LogP contribution in [0.4, 0.5) is 14.5 Å². The summed E-state index contributed by atoms with van der Waals surface area (Å²) in [6.45, 7) is -0.0957. The summed E-state index contributed by atoms with van der Waals surface area (Å²) < 4.78 is 27.9. The molecule has 0 spiro atoms. The first-order valence-electron chi connectivity index (χ1n) is 6.48. The molecule has 5 nitrogen and oxygen atoms in total. The average Bonchev–Trinajstić information content (AvgIpc) is 3.14. The van der Waals surface area contributed by atoms with Crippen LogP contribution in [0.1, 0.15) is 0 Å². The number of benzene rings is 1. The molecule has 0 aliphatic carbocycles. The van der Waals surface area contributed by atoms with Crippen LogP contribution in [0, 0.1) is 16.4 Å². The molecule has 0 unspecified atom stereocenters. The zero-order chi connectivity index (χ0) is 16.4. The highest BCUT2D eigenvalue weighted by Crippen LogP contribution is 2.22. The van der Waals surface area contributed by atoms with Gasteiger partial charge in [0.1, 0.15) is 6.54 Å². The second-order valence-electron chi connectivity index (χ2n) is 4.59.